The van der Waals surface area contributed by atoms with Crippen LogP contribution in [0.25, 0.3) is 0 Å². The van der Waals surface area contributed by atoms with Crippen LogP contribution in [0.5, 0.6) is 0 Å². The third kappa shape index (κ3) is 1.37. The minimum atomic E-state index is -0.952. The smallest absolute Gasteiger partial charge is 0.306 e. The van der Waals surface area contributed by atoms with Gasteiger partial charge in [-0.25, -0.2) is 0 Å². The van der Waals surface area contributed by atoms with Gasteiger partial charge in [0.15, 0.2) is 0 Å². The number of pyridine rings is 1. The number of hydrogen-bond donors (Lipinski definition) is 2. The predicted octanol–water partition coefficient (Wildman–Crippen LogP) is 0.764. The highest BCUT2D eigenvalue weighted by atomic mass is 16.4. The highest BCUT2D eigenvalue weighted by Crippen LogP contribution is 2.45. The van der Waals surface area contributed by atoms with Gasteiger partial charge in [-0.2, -0.15) is 0 Å². The van der Waals surface area contributed by atoms with E-state index >= 15 is 0 Å². The van der Waals surface area contributed by atoms with Crippen molar-refractivity contribution in [3.05, 3.63) is 30.1 Å². The van der Waals surface area contributed by atoms with E-state index in [-0.39, 0.29) is 0 Å². The molecule has 4 heteroatoms. The summed E-state index contributed by atoms with van der Waals surface area (Å²) in [5.74, 6) is -1.24. The van der Waals surface area contributed by atoms with Gasteiger partial charge in [0.25, 0.3) is 0 Å². The highest BCUT2D eigenvalue weighted by molar-refractivity contribution is 5.71. The van der Waals surface area contributed by atoms with Crippen LogP contribution < -0.4 is 0 Å². The largest absolute Gasteiger partial charge is 0.481 e. The molecule has 1 saturated carbocycles. The zero-order valence-electron chi connectivity index (χ0n) is 7.55. The summed E-state index contributed by atoms with van der Waals surface area (Å²) in [6.45, 7) is 0. The molecule has 74 valence electrons. The Labute approximate surface area is 81.2 Å². The maximum atomic E-state index is 10.6. The topological polar surface area (TPSA) is 70.4 Å². The minimum absolute atomic E-state index is 0.298. The molecule has 2 rings (SSSR count). The Morgan fingerprint density at radius 3 is 2.50 bits per heavy atom. The Kier molecular flexibility index (Phi) is 2.00. The van der Waals surface area contributed by atoms with Gasteiger partial charge in [0.2, 0.25) is 0 Å². The number of aliphatic carboxylic acids is 1. The number of aromatic nitrogens is 1. The van der Waals surface area contributed by atoms with Crippen LogP contribution >= 0.6 is 0 Å². The summed E-state index contributed by atoms with van der Waals surface area (Å²) < 4.78 is 0. The average molecular weight is 193 g/mol. The van der Waals surface area contributed by atoms with Crippen molar-refractivity contribution in [3.8, 4) is 0 Å². The summed E-state index contributed by atoms with van der Waals surface area (Å²) in [6, 6.07) is 3.44. The van der Waals surface area contributed by atoms with Crippen LogP contribution in [-0.2, 0) is 10.4 Å². The predicted molar refractivity (Wildman–Crippen MR) is 48.5 cm³/mol. The first-order chi connectivity index (χ1) is 6.62. The molecule has 1 aliphatic rings. The van der Waals surface area contributed by atoms with Gasteiger partial charge in [0, 0.05) is 12.4 Å². The average Bonchev–Trinajstić information content (AvgIpc) is 2.14. The van der Waals surface area contributed by atoms with Crippen molar-refractivity contribution in [2.75, 3.05) is 0 Å². The lowest BCUT2D eigenvalue weighted by Crippen LogP contribution is -2.44. The summed E-state index contributed by atoms with van der Waals surface area (Å²) in [5.41, 5.74) is -0.198. The van der Waals surface area contributed by atoms with Crippen LogP contribution in [-0.4, -0.2) is 21.2 Å². The molecule has 4 nitrogen and oxygen atoms in total. The van der Waals surface area contributed by atoms with Gasteiger partial charge >= 0.3 is 5.97 Å². The van der Waals surface area contributed by atoms with Crippen molar-refractivity contribution in [3.63, 3.8) is 0 Å². The highest BCUT2D eigenvalue weighted by Gasteiger charge is 2.47. The molecule has 0 aromatic carbocycles. The van der Waals surface area contributed by atoms with Gasteiger partial charge in [-0.3, -0.25) is 9.78 Å². The second kappa shape index (κ2) is 3.06. The molecular formula is C10H11NO3. The molecule has 0 spiro atoms. The third-order valence-corrected chi connectivity index (χ3v) is 2.74. The number of rotatable bonds is 2. The van der Waals surface area contributed by atoms with E-state index in [1.54, 1.807) is 24.5 Å². The normalized spacial score (nSPS) is 30.8. The molecule has 0 aliphatic heterocycles. The maximum Gasteiger partial charge on any atom is 0.306 e. The molecule has 1 heterocycles. The first-order valence-corrected chi connectivity index (χ1v) is 4.47. The van der Waals surface area contributed by atoms with Crippen molar-refractivity contribution in [2.24, 2.45) is 5.92 Å². The molecule has 14 heavy (non-hydrogen) atoms. The molecule has 2 N–H and O–H groups in total. The summed E-state index contributed by atoms with van der Waals surface area (Å²) in [7, 11) is 0. The molecule has 1 fully saturated rings. The van der Waals surface area contributed by atoms with Gasteiger partial charge in [0.1, 0.15) is 0 Å². The molecule has 0 bridgehead atoms. The van der Waals surface area contributed by atoms with E-state index in [4.69, 9.17) is 5.11 Å². The first kappa shape index (κ1) is 9.15. The number of aliphatic hydroxyl groups is 1. The lowest BCUT2D eigenvalue weighted by molar-refractivity contribution is -0.159. The van der Waals surface area contributed by atoms with Gasteiger partial charge in [-0.1, -0.05) is 0 Å². The molecule has 1 aromatic heterocycles. The van der Waals surface area contributed by atoms with E-state index in [1.165, 1.54) is 0 Å². The fourth-order valence-electron chi connectivity index (χ4n) is 1.83. The molecule has 0 saturated heterocycles. The van der Waals surface area contributed by atoms with Crippen LogP contribution in [0.1, 0.15) is 18.4 Å². The molecule has 1 aromatic rings. The van der Waals surface area contributed by atoms with E-state index in [1.807, 2.05) is 0 Å². The molecule has 0 radical (unpaired) electrons. The lowest BCUT2D eigenvalue weighted by Gasteiger charge is -2.41. The molecule has 1 aliphatic carbocycles. The molecule has 0 amide bonds. The molecule has 0 atom stereocenters. The second-order valence-corrected chi connectivity index (χ2v) is 3.71. The number of hydrogen-bond acceptors (Lipinski definition) is 3. The van der Waals surface area contributed by atoms with Crippen LogP contribution in [0.2, 0.25) is 0 Å². The number of carbonyl (C=O) groups is 1. The van der Waals surface area contributed by atoms with Crippen molar-refractivity contribution >= 4 is 5.97 Å². The quantitative estimate of drug-likeness (QED) is 0.727. The van der Waals surface area contributed by atoms with Crippen molar-refractivity contribution < 1.29 is 15.0 Å². The van der Waals surface area contributed by atoms with Gasteiger partial charge in [-0.15, -0.1) is 0 Å². The van der Waals surface area contributed by atoms with Crippen LogP contribution in [0.15, 0.2) is 24.5 Å². The van der Waals surface area contributed by atoms with Crippen molar-refractivity contribution in [1.82, 2.24) is 4.98 Å². The Bertz CT molecular complexity index is 344. The minimum Gasteiger partial charge on any atom is -0.481 e. The zero-order chi connectivity index (χ0) is 10.2. The Morgan fingerprint density at radius 1 is 1.43 bits per heavy atom. The monoisotopic (exact) mass is 193 g/mol. The second-order valence-electron chi connectivity index (χ2n) is 3.71. The molecule has 0 unspecified atom stereocenters. The Morgan fingerprint density at radius 2 is 2.00 bits per heavy atom. The van der Waals surface area contributed by atoms with E-state index in [2.05, 4.69) is 4.98 Å². The third-order valence-electron chi connectivity index (χ3n) is 2.74. The number of nitrogens with zero attached hydrogens (tertiary/aromatic N) is 1. The Hall–Kier alpha value is -1.42. The van der Waals surface area contributed by atoms with Crippen LogP contribution in [0, 0.1) is 5.92 Å². The van der Waals surface area contributed by atoms with Crippen molar-refractivity contribution in [2.45, 2.75) is 18.4 Å². The van der Waals surface area contributed by atoms with Crippen LogP contribution in [0.3, 0.4) is 0 Å². The fourth-order valence-corrected chi connectivity index (χ4v) is 1.83. The lowest BCUT2D eigenvalue weighted by atomic mass is 9.67. The van der Waals surface area contributed by atoms with E-state index < -0.39 is 17.5 Å². The maximum absolute atomic E-state index is 10.6. The van der Waals surface area contributed by atoms with E-state index in [0.717, 1.165) is 5.56 Å². The van der Waals surface area contributed by atoms with Crippen molar-refractivity contribution in [1.29, 1.82) is 0 Å². The van der Waals surface area contributed by atoms with E-state index in [0.29, 0.717) is 12.8 Å². The molecular weight excluding hydrogens is 182 g/mol. The fraction of sp³-hybridized carbons (Fsp3) is 0.400. The number of carboxylic acid groups (broad SMARTS) is 1. The van der Waals surface area contributed by atoms with Gasteiger partial charge in [0.05, 0.1) is 11.5 Å². The summed E-state index contributed by atoms with van der Waals surface area (Å²) in [4.78, 5) is 14.4. The van der Waals surface area contributed by atoms with Crippen LogP contribution in [0.4, 0.5) is 0 Å². The summed E-state index contributed by atoms with van der Waals surface area (Å²) in [6.07, 6.45) is 3.79. The summed E-state index contributed by atoms with van der Waals surface area (Å²) in [5, 5.41) is 18.7. The number of carboxylic acids is 1. The summed E-state index contributed by atoms with van der Waals surface area (Å²) >= 11 is 0. The first-order valence-electron chi connectivity index (χ1n) is 4.47. The standard InChI is InChI=1S/C10H11NO3/c12-9(13)7-5-10(14,6-7)8-1-3-11-4-2-8/h1-4,7,14H,5-6H2,(H,12,13). The van der Waals surface area contributed by atoms with E-state index in [9.17, 15) is 9.90 Å². The van der Waals surface area contributed by atoms with Gasteiger partial charge in [-0.05, 0) is 30.5 Å². The SMILES string of the molecule is O=C(O)C1CC(O)(c2ccncc2)C1. The van der Waals surface area contributed by atoms with Gasteiger partial charge < -0.3 is 10.2 Å². The zero-order valence-corrected chi connectivity index (χ0v) is 7.55. The Balaban J connectivity index is 2.12.